The number of benzene rings is 3. The minimum absolute atomic E-state index is 0.454. The van der Waals surface area contributed by atoms with Gasteiger partial charge in [0.15, 0.2) is 0 Å². The molecule has 150 valence electrons. The number of ether oxygens (including phenoxy) is 1. The topological polar surface area (TPSA) is 66.4 Å². The minimum Gasteiger partial charge on any atom is -0.542 e. The van der Waals surface area contributed by atoms with Crippen molar-refractivity contribution in [3.63, 3.8) is 0 Å². The largest absolute Gasteiger partial charge is 0.542 e. The standard InChI is InChI=1S/C19H15O2P.C2HF3O2/c20-15-21-16-11-13-19(14-12-16)22(17-7-3-1-4-8-17)18-9-5-2-6-10-18;3-2(4,5)1(6)7/h1-15H;(H,6,7). The molecule has 0 radical (unpaired) electrons. The van der Waals surface area contributed by atoms with Crippen LogP contribution in [0.15, 0.2) is 84.9 Å². The maximum absolute atomic E-state index is 10.5. The van der Waals surface area contributed by atoms with E-state index >= 15 is 0 Å². The molecule has 29 heavy (non-hydrogen) atoms. The molecule has 0 unspecified atom stereocenters. The normalized spacial score (nSPS) is 10.6. The van der Waals surface area contributed by atoms with E-state index in [1.54, 1.807) is 0 Å². The van der Waals surface area contributed by atoms with E-state index in [4.69, 9.17) is 14.6 Å². The third kappa shape index (κ3) is 6.73. The van der Waals surface area contributed by atoms with Crippen LogP contribution in [0.3, 0.4) is 0 Å². The molecule has 0 fully saturated rings. The summed E-state index contributed by atoms with van der Waals surface area (Å²) in [6.07, 6.45) is -5.19. The number of carbonyl (C=O) groups is 2. The summed E-state index contributed by atoms with van der Waals surface area (Å²) in [5.41, 5.74) is 0. The van der Waals surface area contributed by atoms with Crippen LogP contribution < -0.4 is 25.8 Å². The number of carboxylic acid groups (broad SMARTS) is 1. The first-order chi connectivity index (χ1) is 13.8. The summed E-state index contributed by atoms with van der Waals surface area (Å²) in [6, 6.07) is 28.9. The van der Waals surface area contributed by atoms with Crippen LogP contribution in [-0.2, 0) is 9.59 Å². The quantitative estimate of drug-likeness (QED) is 0.468. The number of carboxylic acids is 1. The zero-order valence-corrected chi connectivity index (χ0v) is 15.9. The summed E-state index contributed by atoms with van der Waals surface area (Å²) in [7, 11) is -1.05. The Morgan fingerprint density at radius 1 is 0.793 bits per heavy atom. The van der Waals surface area contributed by atoms with Gasteiger partial charge in [-0.05, 0) is 48.5 Å². The van der Waals surface area contributed by atoms with Crippen molar-refractivity contribution in [2.45, 2.75) is 6.18 Å². The first-order valence-electron chi connectivity index (χ1n) is 8.29. The van der Waals surface area contributed by atoms with Gasteiger partial charge in [-0.2, -0.15) is 13.2 Å². The maximum Gasteiger partial charge on any atom is 0.430 e. The molecule has 0 N–H and O–H groups in total. The van der Waals surface area contributed by atoms with E-state index in [-0.39, 0.29) is 0 Å². The Morgan fingerprint density at radius 3 is 1.52 bits per heavy atom. The lowest BCUT2D eigenvalue weighted by molar-refractivity contribution is -0.344. The Morgan fingerprint density at radius 2 is 1.17 bits per heavy atom. The molecule has 4 nitrogen and oxygen atoms in total. The van der Waals surface area contributed by atoms with Gasteiger partial charge in [-0.1, -0.05) is 36.4 Å². The van der Waals surface area contributed by atoms with Crippen molar-refractivity contribution in [3.8, 4) is 5.75 Å². The van der Waals surface area contributed by atoms with Crippen LogP contribution >= 0.6 is 7.92 Å². The molecule has 0 atom stereocenters. The average Bonchev–Trinajstić information content (AvgIpc) is 2.71. The average molecular weight is 420 g/mol. The zero-order valence-electron chi connectivity index (χ0n) is 14.9. The molecule has 0 aliphatic heterocycles. The van der Waals surface area contributed by atoms with Gasteiger partial charge < -0.3 is 14.6 Å². The van der Waals surface area contributed by atoms with Crippen LogP contribution in [0.5, 0.6) is 5.75 Å². The van der Waals surface area contributed by atoms with Crippen LogP contribution in [0.2, 0.25) is 0 Å². The minimum atomic E-state index is -5.19. The van der Waals surface area contributed by atoms with Gasteiger partial charge in [0.05, 0.1) is 7.92 Å². The fourth-order valence-corrected chi connectivity index (χ4v) is 5.02. The smallest absolute Gasteiger partial charge is 0.430 e. The summed E-state index contributed by atoms with van der Waals surface area (Å²) < 4.78 is 36.4. The number of halogens is 3. The Balaban J connectivity index is 0.000000370. The number of rotatable bonds is 5. The van der Waals surface area contributed by atoms with Crippen molar-refractivity contribution in [1.82, 2.24) is 0 Å². The van der Waals surface area contributed by atoms with E-state index in [1.807, 2.05) is 36.4 Å². The first kappa shape index (κ1) is 22.1. The Bertz CT molecular complexity index is 875. The summed E-state index contributed by atoms with van der Waals surface area (Å²) in [4.78, 5) is 19.2. The Kier molecular flexibility index (Phi) is 7.92. The van der Waals surface area contributed by atoms with Crippen LogP contribution in [0.25, 0.3) is 0 Å². The highest BCUT2D eigenvalue weighted by Crippen LogP contribution is 2.33. The Labute approximate surface area is 166 Å². The van der Waals surface area contributed by atoms with Crippen molar-refractivity contribution in [2.24, 2.45) is 0 Å². The molecule has 0 aliphatic rings. The Hall–Kier alpha value is -3.18. The highest BCUT2D eigenvalue weighted by atomic mass is 31.1. The maximum atomic E-state index is 10.5. The van der Waals surface area contributed by atoms with Gasteiger partial charge in [0.2, 0.25) is 0 Å². The van der Waals surface area contributed by atoms with Crippen molar-refractivity contribution >= 4 is 36.3 Å². The third-order valence-corrected chi connectivity index (χ3v) is 6.42. The number of carbonyl (C=O) groups excluding carboxylic acids is 2. The van der Waals surface area contributed by atoms with Crippen LogP contribution in [0.1, 0.15) is 0 Å². The van der Waals surface area contributed by atoms with Gasteiger partial charge in [-0.15, -0.1) is 0 Å². The molecule has 0 saturated carbocycles. The van der Waals surface area contributed by atoms with E-state index < -0.39 is 20.1 Å². The number of alkyl halides is 3. The highest BCUT2D eigenvalue weighted by Gasteiger charge is 2.28. The number of hydrogen-bond acceptors (Lipinski definition) is 4. The molecule has 0 amide bonds. The second-order valence-corrected chi connectivity index (χ2v) is 8.11. The fraction of sp³-hybridized carbons (Fsp3) is 0.0476. The fourth-order valence-electron chi connectivity index (χ4n) is 2.47. The summed E-state index contributed by atoms with van der Waals surface area (Å²) in [5.74, 6) is -2.44. The molecule has 0 aromatic heterocycles. The van der Waals surface area contributed by atoms with E-state index in [1.165, 1.54) is 15.9 Å². The van der Waals surface area contributed by atoms with Gasteiger partial charge in [0.25, 0.3) is 6.47 Å². The second kappa shape index (κ2) is 10.4. The molecule has 0 bridgehead atoms. The van der Waals surface area contributed by atoms with Crippen LogP contribution in [0.4, 0.5) is 13.2 Å². The van der Waals surface area contributed by atoms with Gasteiger partial charge in [0, 0.05) is 0 Å². The molecule has 0 spiro atoms. The van der Waals surface area contributed by atoms with Crippen molar-refractivity contribution in [3.05, 3.63) is 84.9 Å². The van der Waals surface area contributed by atoms with E-state index in [2.05, 4.69) is 48.5 Å². The van der Waals surface area contributed by atoms with E-state index in [9.17, 15) is 18.0 Å². The predicted octanol–water partition coefficient (Wildman–Crippen LogP) is 2.01. The van der Waals surface area contributed by atoms with Crippen molar-refractivity contribution < 1.29 is 32.6 Å². The molecular formula is C21H16F3O4P. The summed E-state index contributed by atoms with van der Waals surface area (Å²) >= 11 is 0. The lowest BCUT2D eigenvalue weighted by Gasteiger charge is -2.10. The number of aliphatic carboxylic acids is 1. The van der Waals surface area contributed by atoms with E-state index in [0.29, 0.717) is 12.2 Å². The molecule has 3 aromatic rings. The molecule has 0 heterocycles. The third-order valence-electron chi connectivity index (χ3n) is 3.68. The predicted molar refractivity (Wildman–Crippen MR) is 104 cm³/mol. The lowest BCUT2D eigenvalue weighted by Crippen LogP contribution is -2.37. The molecule has 3 rings (SSSR count). The van der Waals surface area contributed by atoms with Gasteiger partial charge >= 0.3 is 6.18 Å². The monoisotopic (exact) mass is 420 g/mol. The van der Waals surface area contributed by atoms with E-state index in [0.717, 1.165) is 0 Å². The second-order valence-electron chi connectivity index (χ2n) is 5.63. The van der Waals surface area contributed by atoms with Crippen LogP contribution in [-0.4, -0.2) is 18.6 Å². The summed E-state index contributed by atoms with van der Waals surface area (Å²) in [5, 5.41) is 12.7. The SMILES string of the molecule is O=C([O-])C(F)(F)F.O=COc1ccc([PH+](c2ccccc2)c2ccccc2)cc1. The molecule has 3 aromatic carbocycles. The van der Waals surface area contributed by atoms with Gasteiger partial charge in [-0.25, -0.2) is 0 Å². The molecule has 0 aliphatic carbocycles. The van der Waals surface area contributed by atoms with Crippen LogP contribution in [0, 0.1) is 0 Å². The number of hydrogen-bond donors (Lipinski definition) is 0. The molecule has 8 heteroatoms. The first-order valence-corrected chi connectivity index (χ1v) is 9.79. The highest BCUT2D eigenvalue weighted by molar-refractivity contribution is 7.79. The lowest BCUT2D eigenvalue weighted by atomic mass is 10.3. The zero-order chi connectivity index (χ0) is 21.3. The molecule has 0 saturated heterocycles. The summed E-state index contributed by atoms with van der Waals surface area (Å²) in [6.45, 7) is 0.454. The van der Waals surface area contributed by atoms with Crippen molar-refractivity contribution in [2.75, 3.05) is 0 Å². The molecular weight excluding hydrogens is 404 g/mol. The van der Waals surface area contributed by atoms with Crippen molar-refractivity contribution in [1.29, 1.82) is 0 Å². The van der Waals surface area contributed by atoms with Gasteiger partial charge in [-0.3, -0.25) is 4.79 Å². The van der Waals surface area contributed by atoms with Gasteiger partial charge in [0.1, 0.15) is 27.6 Å².